The van der Waals surface area contributed by atoms with Gasteiger partial charge in [0.1, 0.15) is 11.5 Å². The van der Waals surface area contributed by atoms with Crippen LogP contribution in [0, 0.1) is 6.92 Å². The molecule has 1 heterocycles. The van der Waals surface area contributed by atoms with Gasteiger partial charge >= 0.3 is 0 Å². The number of hydrogen-bond acceptors (Lipinski definition) is 6. The Morgan fingerprint density at radius 2 is 1.96 bits per heavy atom. The first kappa shape index (κ1) is 18.2. The Morgan fingerprint density at radius 1 is 1.21 bits per heavy atom. The number of thiocarbonyl (C=S) groups is 1. The molecule has 0 aliphatic rings. The minimum absolute atomic E-state index is 0.141. The van der Waals surface area contributed by atoms with E-state index in [1.807, 2.05) is 13.0 Å². The summed E-state index contributed by atoms with van der Waals surface area (Å²) in [4.78, 5) is 14.2. The van der Waals surface area contributed by atoms with E-state index >= 15 is 0 Å². The van der Waals surface area contributed by atoms with Crippen molar-refractivity contribution in [2.45, 2.75) is 13.3 Å². The number of methoxy groups -OCH3 is 3. The highest BCUT2D eigenvalue weighted by Crippen LogP contribution is 2.28. The summed E-state index contributed by atoms with van der Waals surface area (Å²) >= 11 is 6.60. The number of ether oxygens (including phenoxy) is 3. The fourth-order valence-electron chi connectivity index (χ4n) is 2.19. The van der Waals surface area contributed by atoms with Crippen LogP contribution in [-0.4, -0.2) is 32.3 Å². The van der Waals surface area contributed by atoms with Gasteiger partial charge < -0.3 is 19.5 Å². The highest BCUT2D eigenvalue weighted by atomic mass is 32.1. The molecule has 0 unspecified atom stereocenters. The molecule has 24 heavy (non-hydrogen) atoms. The molecule has 1 aromatic carbocycles. The van der Waals surface area contributed by atoms with Crippen molar-refractivity contribution in [1.29, 1.82) is 0 Å². The summed E-state index contributed by atoms with van der Waals surface area (Å²) in [5, 5.41) is 3.32. The largest absolute Gasteiger partial charge is 0.497 e. The molecule has 2 aromatic rings. The van der Waals surface area contributed by atoms with Gasteiger partial charge in [-0.2, -0.15) is 0 Å². The number of carbonyl (C=O) groups is 1. The zero-order valence-electron chi connectivity index (χ0n) is 14.0. The van der Waals surface area contributed by atoms with Gasteiger partial charge in [0, 0.05) is 10.4 Å². The molecule has 0 saturated carbocycles. The first-order valence-corrected chi connectivity index (χ1v) is 8.40. The van der Waals surface area contributed by atoms with Crippen LogP contribution in [0.25, 0.3) is 0 Å². The highest BCUT2D eigenvalue weighted by Gasteiger charge is 2.14. The quantitative estimate of drug-likeness (QED) is 0.793. The van der Waals surface area contributed by atoms with Gasteiger partial charge in [0.05, 0.1) is 38.3 Å². The van der Waals surface area contributed by atoms with Crippen molar-refractivity contribution in [3.05, 3.63) is 39.6 Å². The maximum atomic E-state index is 12.4. The van der Waals surface area contributed by atoms with E-state index in [9.17, 15) is 4.79 Å². The SMILES string of the molecule is COC(=S)c1cc(NC(=O)Cc2cc(OC)ccc2OC)c(C)s1. The highest BCUT2D eigenvalue weighted by molar-refractivity contribution is 7.80. The van der Waals surface area contributed by atoms with Crippen molar-refractivity contribution < 1.29 is 19.0 Å². The molecule has 0 spiro atoms. The second kappa shape index (κ2) is 8.12. The number of benzene rings is 1. The van der Waals surface area contributed by atoms with Crippen LogP contribution in [0.1, 0.15) is 15.3 Å². The van der Waals surface area contributed by atoms with Gasteiger partial charge in [0.15, 0.2) is 0 Å². The van der Waals surface area contributed by atoms with E-state index in [4.69, 9.17) is 26.4 Å². The number of hydrogen-bond donors (Lipinski definition) is 1. The number of anilines is 1. The van der Waals surface area contributed by atoms with Crippen LogP contribution in [-0.2, 0) is 16.0 Å². The van der Waals surface area contributed by atoms with Crippen LogP contribution >= 0.6 is 23.6 Å². The summed E-state index contributed by atoms with van der Waals surface area (Å²) in [7, 11) is 4.69. The number of amides is 1. The molecule has 0 bridgehead atoms. The minimum atomic E-state index is -0.141. The normalized spacial score (nSPS) is 10.2. The standard InChI is InChI=1S/C17H19NO4S2/c1-10-13(9-15(24-10)17(23)22-4)18-16(19)8-11-7-12(20-2)5-6-14(11)21-3/h5-7,9H,8H2,1-4H3,(H,18,19). The Balaban J connectivity index is 2.14. The Hall–Kier alpha value is -2.12. The summed E-state index contributed by atoms with van der Waals surface area (Å²) < 4.78 is 15.6. The van der Waals surface area contributed by atoms with Crippen LogP contribution in [0.5, 0.6) is 11.5 Å². The smallest absolute Gasteiger partial charge is 0.228 e. The topological polar surface area (TPSA) is 56.8 Å². The Morgan fingerprint density at radius 3 is 2.58 bits per heavy atom. The molecule has 0 fully saturated rings. The molecule has 128 valence electrons. The predicted molar refractivity (Wildman–Crippen MR) is 99.6 cm³/mol. The molecular formula is C17H19NO4S2. The van der Waals surface area contributed by atoms with E-state index in [1.165, 1.54) is 18.4 Å². The zero-order chi connectivity index (χ0) is 17.7. The van der Waals surface area contributed by atoms with Gasteiger partial charge in [-0.15, -0.1) is 11.3 Å². The first-order valence-electron chi connectivity index (χ1n) is 7.18. The maximum Gasteiger partial charge on any atom is 0.228 e. The predicted octanol–water partition coefficient (Wildman–Crippen LogP) is 3.58. The van der Waals surface area contributed by atoms with Crippen LogP contribution in [0.4, 0.5) is 5.69 Å². The third kappa shape index (κ3) is 4.24. The lowest BCUT2D eigenvalue weighted by molar-refractivity contribution is -0.115. The molecule has 7 heteroatoms. The van der Waals surface area contributed by atoms with E-state index in [0.717, 1.165) is 21.0 Å². The summed E-state index contributed by atoms with van der Waals surface area (Å²) in [6.45, 7) is 1.92. The Kier molecular flexibility index (Phi) is 6.16. The van der Waals surface area contributed by atoms with Gasteiger partial charge in [-0.1, -0.05) is 0 Å². The van der Waals surface area contributed by atoms with Crippen molar-refractivity contribution in [3.8, 4) is 11.5 Å². The van der Waals surface area contributed by atoms with E-state index in [-0.39, 0.29) is 12.3 Å². The average molecular weight is 365 g/mol. The molecule has 0 aliphatic carbocycles. The second-order valence-corrected chi connectivity index (χ2v) is 6.60. The summed E-state index contributed by atoms with van der Waals surface area (Å²) in [6.07, 6.45) is 0.180. The van der Waals surface area contributed by atoms with E-state index in [1.54, 1.807) is 32.4 Å². The van der Waals surface area contributed by atoms with E-state index in [2.05, 4.69) is 5.32 Å². The van der Waals surface area contributed by atoms with Gasteiger partial charge in [-0.3, -0.25) is 4.79 Å². The van der Waals surface area contributed by atoms with Crippen LogP contribution in [0.3, 0.4) is 0 Å². The molecule has 5 nitrogen and oxygen atoms in total. The van der Waals surface area contributed by atoms with Gasteiger partial charge in [-0.25, -0.2) is 0 Å². The third-order valence-corrected chi connectivity index (χ3v) is 4.98. The van der Waals surface area contributed by atoms with Crippen LogP contribution in [0.2, 0.25) is 0 Å². The lowest BCUT2D eigenvalue weighted by Gasteiger charge is -2.10. The minimum Gasteiger partial charge on any atom is -0.497 e. The van der Waals surface area contributed by atoms with Crippen LogP contribution < -0.4 is 14.8 Å². The first-order chi connectivity index (χ1) is 11.5. The second-order valence-electron chi connectivity index (χ2n) is 4.97. The maximum absolute atomic E-state index is 12.4. The third-order valence-electron chi connectivity index (χ3n) is 3.42. The molecule has 1 aromatic heterocycles. The van der Waals surface area contributed by atoms with Gasteiger partial charge in [-0.05, 0) is 43.4 Å². The van der Waals surface area contributed by atoms with Crippen LogP contribution in [0.15, 0.2) is 24.3 Å². The monoisotopic (exact) mass is 365 g/mol. The van der Waals surface area contributed by atoms with Crippen molar-refractivity contribution in [2.75, 3.05) is 26.6 Å². The number of nitrogens with one attached hydrogen (secondary N) is 1. The molecule has 1 amide bonds. The molecule has 0 radical (unpaired) electrons. The lowest BCUT2D eigenvalue weighted by Crippen LogP contribution is -2.15. The molecule has 2 rings (SSSR count). The summed E-state index contributed by atoms with van der Waals surface area (Å²) in [5.74, 6) is 1.18. The number of carbonyl (C=O) groups excluding carboxylic acids is 1. The van der Waals surface area contributed by atoms with Crippen molar-refractivity contribution in [1.82, 2.24) is 0 Å². The molecule has 0 atom stereocenters. The molecule has 0 aliphatic heterocycles. The van der Waals surface area contributed by atoms with E-state index < -0.39 is 0 Å². The summed E-state index contributed by atoms with van der Waals surface area (Å²) in [5.41, 5.74) is 1.50. The number of rotatable bonds is 6. The number of thiophene rings is 1. The van der Waals surface area contributed by atoms with Crippen molar-refractivity contribution >= 4 is 40.2 Å². The fraction of sp³-hybridized carbons (Fsp3) is 0.294. The summed E-state index contributed by atoms with van der Waals surface area (Å²) in [6, 6.07) is 7.20. The van der Waals surface area contributed by atoms with Gasteiger partial charge in [0.25, 0.3) is 0 Å². The fourth-order valence-corrected chi connectivity index (χ4v) is 3.27. The number of aryl methyl sites for hydroxylation is 1. The Bertz CT molecular complexity index is 755. The zero-order valence-corrected chi connectivity index (χ0v) is 15.6. The van der Waals surface area contributed by atoms with Crippen molar-refractivity contribution in [2.24, 2.45) is 0 Å². The average Bonchev–Trinajstić information content (AvgIpc) is 2.94. The van der Waals surface area contributed by atoms with Gasteiger partial charge in [0.2, 0.25) is 11.0 Å². The molecule has 1 N–H and O–H groups in total. The molecular weight excluding hydrogens is 346 g/mol. The molecule has 0 saturated heterocycles. The van der Waals surface area contributed by atoms with Crippen molar-refractivity contribution in [3.63, 3.8) is 0 Å². The lowest BCUT2D eigenvalue weighted by atomic mass is 10.1. The Labute approximate surface area is 150 Å². The van der Waals surface area contributed by atoms with E-state index in [0.29, 0.717) is 16.5 Å².